The van der Waals surface area contributed by atoms with Gasteiger partial charge in [0.2, 0.25) is 0 Å². The highest BCUT2D eigenvalue weighted by atomic mass is 16.2. The number of nitrogens with zero attached hydrogens (tertiary/aromatic N) is 3. The second-order valence-corrected chi connectivity index (χ2v) is 4.49. The molecule has 18 heavy (non-hydrogen) atoms. The largest absolute Gasteiger partial charge is 0.384 e. The highest BCUT2D eigenvalue weighted by Gasteiger charge is 2.15. The number of hydrogen-bond acceptors (Lipinski definition) is 4. The van der Waals surface area contributed by atoms with Crippen molar-refractivity contribution in [1.82, 2.24) is 14.8 Å². The van der Waals surface area contributed by atoms with Crippen LogP contribution >= 0.6 is 0 Å². The maximum absolute atomic E-state index is 12.2. The van der Waals surface area contributed by atoms with E-state index in [9.17, 15) is 4.79 Å². The van der Waals surface area contributed by atoms with E-state index in [0.29, 0.717) is 18.1 Å². The van der Waals surface area contributed by atoms with Gasteiger partial charge in [0.15, 0.2) is 0 Å². The first-order valence-corrected chi connectivity index (χ1v) is 6.21. The monoisotopic (exact) mass is 250 g/mol. The zero-order chi connectivity index (χ0) is 13.5. The predicted octanol–water partition coefficient (Wildman–Crippen LogP) is 1.08. The molecule has 1 aromatic heterocycles. The Morgan fingerprint density at radius 2 is 2.06 bits per heavy atom. The number of rotatable bonds is 6. The first-order valence-electron chi connectivity index (χ1n) is 6.21. The van der Waals surface area contributed by atoms with E-state index in [4.69, 9.17) is 5.73 Å². The Morgan fingerprint density at radius 3 is 2.61 bits per heavy atom. The molecule has 0 spiro atoms. The third kappa shape index (κ3) is 4.33. The molecule has 5 nitrogen and oxygen atoms in total. The van der Waals surface area contributed by atoms with Crippen LogP contribution < -0.4 is 5.73 Å². The van der Waals surface area contributed by atoms with Gasteiger partial charge in [-0.2, -0.15) is 0 Å². The van der Waals surface area contributed by atoms with Gasteiger partial charge in [-0.3, -0.25) is 4.79 Å². The summed E-state index contributed by atoms with van der Waals surface area (Å²) in [5, 5.41) is 0. The first-order chi connectivity index (χ1) is 8.54. The van der Waals surface area contributed by atoms with E-state index < -0.39 is 0 Å². The van der Waals surface area contributed by atoms with E-state index in [1.807, 2.05) is 21.0 Å². The van der Waals surface area contributed by atoms with E-state index in [1.165, 1.54) is 0 Å². The zero-order valence-electron chi connectivity index (χ0n) is 11.4. The van der Waals surface area contributed by atoms with Crippen molar-refractivity contribution in [2.75, 3.05) is 39.5 Å². The van der Waals surface area contributed by atoms with Crippen molar-refractivity contribution >= 4 is 11.7 Å². The van der Waals surface area contributed by atoms with Gasteiger partial charge in [0.1, 0.15) is 11.5 Å². The number of hydrogen-bond donors (Lipinski definition) is 1. The van der Waals surface area contributed by atoms with Crippen molar-refractivity contribution in [3.63, 3.8) is 0 Å². The van der Waals surface area contributed by atoms with E-state index in [2.05, 4.69) is 9.88 Å². The maximum Gasteiger partial charge on any atom is 0.272 e. The number of aromatic nitrogens is 1. The Labute approximate surface area is 109 Å². The molecular formula is C13H22N4O. The van der Waals surface area contributed by atoms with Gasteiger partial charge in [-0.05, 0) is 46.1 Å². The molecule has 0 fully saturated rings. The Bertz CT molecular complexity index is 392. The quantitative estimate of drug-likeness (QED) is 0.820. The van der Waals surface area contributed by atoms with Gasteiger partial charge in [-0.1, -0.05) is 6.07 Å². The van der Waals surface area contributed by atoms with Crippen LogP contribution in [0.4, 0.5) is 5.82 Å². The van der Waals surface area contributed by atoms with Gasteiger partial charge in [0.05, 0.1) is 0 Å². The minimum atomic E-state index is -0.0523. The van der Waals surface area contributed by atoms with Crippen molar-refractivity contribution in [2.45, 2.75) is 13.3 Å². The maximum atomic E-state index is 12.2. The van der Waals surface area contributed by atoms with Crippen LogP contribution in [0.2, 0.25) is 0 Å². The van der Waals surface area contributed by atoms with Crippen LogP contribution in [-0.4, -0.2) is 54.4 Å². The molecule has 0 radical (unpaired) electrons. The zero-order valence-corrected chi connectivity index (χ0v) is 11.4. The summed E-state index contributed by atoms with van der Waals surface area (Å²) in [5.41, 5.74) is 6.01. The fourth-order valence-electron chi connectivity index (χ4n) is 1.71. The Hall–Kier alpha value is -1.62. The fourth-order valence-corrected chi connectivity index (χ4v) is 1.71. The third-order valence-corrected chi connectivity index (χ3v) is 2.69. The smallest absolute Gasteiger partial charge is 0.272 e. The summed E-state index contributed by atoms with van der Waals surface area (Å²) in [4.78, 5) is 20.2. The Kier molecular flexibility index (Phi) is 5.58. The lowest BCUT2D eigenvalue weighted by atomic mass is 10.3. The first kappa shape index (κ1) is 14.4. The molecule has 1 heterocycles. The van der Waals surface area contributed by atoms with Crippen LogP contribution in [0, 0.1) is 0 Å². The molecule has 0 unspecified atom stereocenters. The molecule has 1 rings (SSSR count). The molecule has 0 bridgehead atoms. The number of carbonyl (C=O) groups is 1. The molecule has 1 aromatic rings. The molecule has 0 aliphatic rings. The second-order valence-electron chi connectivity index (χ2n) is 4.49. The van der Waals surface area contributed by atoms with E-state index >= 15 is 0 Å². The van der Waals surface area contributed by atoms with Crippen molar-refractivity contribution in [3.8, 4) is 0 Å². The average molecular weight is 250 g/mol. The number of anilines is 1. The minimum Gasteiger partial charge on any atom is -0.384 e. The summed E-state index contributed by atoms with van der Waals surface area (Å²) >= 11 is 0. The highest BCUT2D eigenvalue weighted by molar-refractivity contribution is 5.92. The van der Waals surface area contributed by atoms with Gasteiger partial charge < -0.3 is 15.5 Å². The van der Waals surface area contributed by atoms with Gasteiger partial charge in [0.25, 0.3) is 5.91 Å². The second kappa shape index (κ2) is 6.96. The lowest BCUT2D eigenvalue weighted by Crippen LogP contribution is -2.33. The molecule has 0 atom stereocenters. The minimum absolute atomic E-state index is 0.0523. The van der Waals surface area contributed by atoms with Gasteiger partial charge in [-0.25, -0.2) is 4.98 Å². The Morgan fingerprint density at radius 1 is 1.33 bits per heavy atom. The van der Waals surface area contributed by atoms with Crippen molar-refractivity contribution < 1.29 is 4.79 Å². The Balaban J connectivity index is 2.62. The van der Waals surface area contributed by atoms with Gasteiger partial charge in [-0.15, -0.1) is 0 Å². The molecule has 0 aliphatic carbocycles. The van der Waals surface area contributed by atoms with Crippen molar-refractivity contribution in [2.24, 2.45) is 0 Å². The molecule has 0 aliphatic heterocycles. The van der Waals surface area contributed by atoms with Crippen LogP contribution in [0.3, 0.4) is 0 Å². The summed E-state index contributed by atoms with van der Waals surface area (Å²) in [6.45, 7) is 4.36. The molecule has 1 amide bonds. The van der Waals surface area contributed by atoms with Crippen LogP contribution in [0.15, 0.2) is 18.2 Å². The average Bonchev–Trinajstić information content (AvgIpc) is 2.33. The van der Waals surface area contributed by atoms with Crippen LogP contribution in [-0.2, 0) is 0 Å². The van der Waals surface area contributed by atoms with Crippen LogP contribution in [0.25, 0.3) is 0 Å². The molecule has 5 heteroatoms. The molecule has 0 aromatic carbocycles. The van der Waals surface area contributed by atoms with E-state index in [-0.39, 0.29) is 5.91 Å². The molecular weight excluding hydrogens is 228 g/mol. The third-order valence-electron chi connectivity index (χ3n) is 2.69. The molecule has 100 valence electrons. The summed E-state index contributed by atoms with van der Waals surface area (Å²) < 4.78 is 0. The number of pyridine rings is 1. The number of nitrogen functional groups attached to an aromatic ring is 1. The topological polar surface area (TPSA) is 62.5 Å². The molecule has 2 N–H and O–H groups in total. The normalized spacial score (nSPS) is 10.7. The number of amides is 1. The van der Waals surface area contributed by atoms with E-state index in [1.54, 1.807) is 23.1 Å². The summed E-state index contributed by atoms with van der Waals surface area (Å²) in [7, 11) is 4.05. The SMILES string of the molecule is CCN(CCCN(C)C)C(=O)c1cccc(N)n1. The number of carbonyl (C=O) groups excluding carboxylic acids is 1. The van der Waals surface area contributed by atoms with Crippen LogP contribution in [0.5, 0.6) is 0 Å². The summed E-state index contributed by atoms with van der Waals surface area (Å²) in [6, 6.07) is 5.13. The number of nitrogens with two attached hydrogens (primary N) is 1. The van der Waals surface area contributed by atoms with Gasteiger partial charge in [0, 0.05) is 13.1 Å². The fraction of sp³-hybridized carbons (Fsp3) is 0.538. The van der Waals surface area contributed by atoms with Gasteiger partial charge >= 0.3 is 0 Å². The lowest BCUT2D eigenvalue weighted by molar-refractivity contribution is 0.0753. The standard InChI is InChI=1S/C13H22N4O/c1-4-17(10-6-9-16(2)3)13(18)11-7-5-8-12(14)15-11/h5,7-8H,4,6,9-10H2,1-3H3,(H2,14,15). The lowest BCUT2D eigenvalue weighted by Gasteiger charge is -2.21. The van der Waals surface area contributed by atoms with E-state index in [0.717, 1.165) is 19.5 Å². The summed E-state index contributed by atoms with van der Waals surface area (Å²) in [6.07, 6.45) is 0.953. The highest BCUT2D eigenvalue weighted by Crippen LogP contribution is 2.05. The predicted molar refractivity (Wildman–Crippen MR) is 73.4 cm³/mol. The van der Waals surface area contributed by atoms with Crippen LogP contribution in [0.1, 0.15) is 23.8 Å². The van der Waals surface area contributed by atoms with Crippen molar-refractivity contribution in [3.05, 3.63) is 23.9 Å². The van der Waals surface area contributed by atoms with Crippen molar-refractivity contribution in [1.29, 1.82) is 0 Å². The molecule has 0 saturated carbocycles. The summed E-state index contributed by atoms with van der Waals surface area (Å²) in [5.74, 6) is 0.328. The molecule has 0 saturated heterocycles.